The van der Waals surface area contributed by atoms with Crippen LogP contribution < -0.4 is 11.1 Å². The van der Waals surface area contributed by atoms with Crippen LogP contribution in [-0.4, -0.2) is 44.8 Å². The van der Waals surface area contributed by atoms with Gasteiger partial charge >= 0.3 is 0 Å². The molecule has 0 unspecified atom stereocenters. The molecule has 24 heavy (non-hydrogen) atoms. The molecule has 3 heterocycles. The molecule has 2 atom stereocenters. The van der Waals surface area contributed by atoms with Gasteiger partial charge in [-0.05, 0) is 25.1 Å². The third kappa shape index (κ3) is 3.00. The predicted molar refractivity (Wildman–Crippen MR) is 90.6 cm³/mol. The number of carbonyl (C=O) groups excluding carboxylic acids is 1. The number of aryl methyl sites for hydroxylation is 1. The van der Waals surface area contributed by atoms with E-state index in [0.717, 1.165) is 17.1 Å². The molecule has 0 spiro atoms. The number of hydrogen-bond donors (Lipinski definition) is 2. The maximum Gasteiger partial charge on any atom is 0.261 e. The molecule has 130 valence electrons. The summed E-state index contributed by atoms with van der Waals surface area (Å²) >= 11 is 1.10. The van der Waals surface area contributed by atoms with E-state index >= 15 is 0 Å². The van der Waals surface area contributed by atoms with E-state index in [1.807, 2.05) is 19.1 Å². The molecular weight excluding hydrogens is 350 g/mol. The molecule has 1 fully saturated rings. The van der Waals surface area contributed by atoms with Crippen LogP contribution in [0.3, 0.4) is 0 Å². The molecule has 9 heteroatoms. The monoisotopic (exact) mass is 369 g/mol. The summed E-state index contributed by atoms with van der Waals surface area (Å²) in [4.78, 5) is 12.1. The fourth-order valence-corrected chi connectivity index (χ4v) is 5.50. The van der Waals surface area contributed by atoms with Crippen molar-refractivity contribution in [2.24, 2.45) is 5.73 Å². The van der Waals surface area contributed by atoms with Gasteiger partial charge in [-0.25, -0.2) is 8.42 Å². The number of furan rings is 1. The molecule has 2 aromatic rings. The van der Waals surface area contributed by atoms with E-state index in [9.17, 15) is 13.2 Å². The van der Waals surface area contributed by atoms with Crippen LogP contribution in [0.1, 0.15) is 27.1 Å². The summed E-state index contributed by atoms with van der Waals surface area (Å²) in [5.41, 5.74) is 6.13. The number of sulfonamides is 1. The van der Waals surface area contributed by atoms with Crippen LogP contribution in [0.25, 0.3) is 0 Å². The van der Waals surface area contributed by atoms with Gasteiger partial charge < -0.3 is 15.5 Å². The average Bonchev–Trinajstić information content (AvgIpc) is 3.25. The summed E-state index contributed by atoms with van der Waals surface area (Å²) in [6.07, 6.45) is 0. The van der Waals surface area contributed by atoms with E-state index in [0.29, 0.717) is 10.6 Å². The second kappa shape index (κ2) is 6.32. The number of nitrogens with one attached hydrogen (secondary N) is 1. The van der Waals surface area contributed by atoms with Crippen molar-refractivity contribution >= 4 is 27.3 Å². The Labute approximate surface area is 144 Å². The molecule has 3 rings (SSSR count). The van der Waals surface area contributed by atoms with Gasteiger partial charge in [0.2, 0.25) is 10.0 Å². The first kappa shape index (κ1) is 17.2. The van der Waals surface area contributed by atoms with Crippen molar-refractivity contribution in [3.8, 4) is 0 Å². The molecule has 0 radical (unpaired) electrons. The zero-order valence-corrected chi connectivity index (χ0v) is 15.0. The summed E-state index contributed by atoms with van der Waals surface area (Å²) < 4.78 is 32.6. The quantitative estimate of drug-likeness (QED) is 0.840. The molecule has 0 aromatic carbocycles. The van der Waals surface area contributed by atoms with Crippen LogP contribution >= 0.6 is 11.3 Å². The van der Waals surface area contributed by atoms with Gasteiger partial charge in [0.1, 0.15) is 11.5 Å². The first-order chi connectivity index (χ1) is 11.3. The maximum absolute atomic E-state index is 12.8. The van der Waals surface area contributed by atoms with Crippen molar-refractivity contribution in [1.82, 2.24) is 9.62 Å². The molecule has 3 N–H and O–H groups in total. The second-order valence-electron chi connectivity index (χ2n) is 5.77. The van der Waals surface area contributed by atoms with Gasteiger partial charge in [-0.15, -0.1) is 11.3 Å². The first-order valence-electron chi connectivity index (χ1n) is 7.45. The number of carbonyl (C=O) groups is 1. The maximum atomic E-state index is 12.8. The van der Waals surface area contributed by atoms with Gasteiger partial charge in [-0.1, -0.05) is 0 Å². The molecule has 0 saturated carbocycles. The fourth-order valence-electron chi connectivity index (χ4n) is 2.79. The van der Waals surface area contributed by atoms with Crippen LogP contribution in [0.2, 0.25) is 0 Å². The largest absolute Gasteiger partial charge is 0.466 e. The fraction of sp³-hybridized carbons (Fsp3) is 0.400. The molecule has 0 aliphatic carbocycles. The predicted octanol–water partition coefficient (Wildman–Crippen LogP) is 1.12. The van der Waals surface area contributed by atoms with Crippen molar-refractivity contribution in [1.29, 1.82) is 0 Å². The van der Waals surface area contributed by atoms with Crippen molar-refractivity contribution in [3.05, 3.63) is 40.0 Å². The number of rotatable bonds is 4. The van der Waals surface area contributed by atoms with Crippen LogP contribution in [0.5, 0.6) is 0 Å². The molecule has 2 aromatic heterocycles. The Hall–Kier alpha value is -1.68. The van der Waals surface area contributed by atoms with E-state index in [2.05, 4.69) is 5.32 Å². The van der Waals surface area contributed by atoms with Crippen LogP contribution in [0.15, 0.2) is 32.9 Å². The Kier molecular flexibility index (Phi) is 4.52. The minimum absolute atomic E-state index is 0.120. The van der Waals surface area contributed by atoms with E-state index in [1.54, 1.807) is 0 Å². The smallest absolute Gasteiger partial charge is 0.261 e. The highest BCUT2D eigenvalue weighted by Gasteiger charge is 2.40. The second-order valence-corrected chi connectivity index (χ2v) is 8.62. The normalized spacial score (nSPS) is 22.0. The molecule has 1 aliphatic rings. The summed E-state index contributed by atoms with van der Waals surface area (Å²) in [5, 5.41) is 3.97. The standard InChI is InChI=1S/C15H19N3O4S2/c1-9-3-4-13(22-9)11-6-18(7-12(11)16)24(20,21)10-5-14(23-8-10)15(19)17-2/h3-5,8,11-12H,6-7,16H2,1-2H3,(H,17,19)/t11-,12-/m0/s1. The molecule has 7 nitrogen and oxygen atoms in total. The summed E-state index contributed by atoms with van der Waals surface area (Å²) in [7, 11) is -2.18. The van der Waals surface area contributed by atoms with Gasteiger partial charge in [0.25, 0.3) is 5.91 Å². The molecule has 1 saturated heterocycles. The summed E-state index contributed by atoms with van der Waals surface area (Å²) in [5.74, 6) is 0.995. The Balaban J connectivity index is 1.83. The summed E-state index contributed by atoms with van der Waals surface area (Å²) in [6, 6.07) is 4.74. The molecule has 1 aliphatic heterocycles. The highest BCUT2D eigenvalue weighted by atomic mass is 32.2. The van der Waals surface area contributed by atoms with Gasteiger partial charge in [-0.3, -0.25) is 4.79 Å². The lowest BCUT2D eigenvalue weighted by Gasteiger charge is -2.14. The Morgan fingerprint density at radius 3 is 2.79 bits per heavy atom. The van der Waals surface area contributed by atoms with Crippen molar-refractivity contribution in [3.63, 3.8) is 0 Å². The number of hydrogen-bond acceptors (Lipinski definition) is 6. The lowest BCUT2D eigenvalue weighted by atomic mass is 10.0. The van der Waals surface area contributed by atoms with Gasteiger partial charge in [0.05, 0.1) is 9.77 Å². The average molecular weight is 369 g/mol. The number of nitrogens with two attached hydrogens (primary N) is 1. The van der Waals surface area contributed by atoms with Gasteiger partial charge in [0.15, 0.2) is 0 Å². The summed E-state index contributed by atoms with van der Waals surface area (Å²) in [6.45, 7) is 2.32. The highest BCUT2D eigenvalue weighted by molar-refractivity contribution is 7.89. The van der Waals surface area contributed by atoms with Gasteiger partial charge in [-0.2, -0.15) is 4.31 Å². The Morgan fingerprint density at radius 1 is 1.42 bits per heavy atom. The minimum atomic E-state index is -3.68. The Bertz CT molecular complexity index is 856. The van der Waals surface area contributed by atoms with E-state index < -0.39 is 10.0 Å². The number of amides is 1. The van der Waals surface area contributed by atoms with Crippen LogP contribution in [0, 0.1) is 6.92 Å². The highest BCUT2D eigenvalue weighted by Crippen LogP contribution is 2.32. The first-order valence-corrected chi connectivity index (χ1v) is 9.77. The Morgan fingerprint density at radius 2 is 2.17 bits per heavy atom. The van der Waals surface area contributed by atoms with Crippen LogP contribution in [-0.2, 0) is 10.0 Å². The third-order valence-corrected chi connectivity index (χ3v) is 7.01. The lowest BCUT2D eigenvalue weighted by molar-refractivity contribution is 0.0967. The van der Waals surface area contributed by atoms with E-state index in [1.165, 1.54) is 22.8 Å². The zero-order valence-electron chi connectivity index (χ0n) is 13.4. The molecular formula is C15H19N3O4S2. The molecule has 1 amide bonds. The zero-order chi connectivity index (χ0) is 17.5. The van der Waals surface area contributed by atoms with Gasteiger partial charge in [0, 0.05) is 37.5 Å². The van der Waals surface area contributed by atoms with Crippen molar-refractivity contribution in [2.75, 3.05) is 20.1 Å². The van der Waals surface area contributed by atoms with E-state index in [4.69, 9.17) is 10.2 Å². The van der Waals surface area contributed by atoms with Crippen molar-refractivity contribution in [2.45, 2.75) is 23.8 Å². The third-order valence-electron chi connectivity index (χ3n) is 4.12. The minimum Gasteiger partial charge on any atom is -0.466 e. The van der Waals surface area contributed by atoms with E-state index in [-0.39, 0.29) is 35.9 Å². The number of thiophene rings is 1. The topological polar surface area (TPSA) is 106 Å². The number of nitrogens with zero attached hydrogens (tertiary/aromatic N) is 1. The molecule has 0 bridgehead atoms. The van der Waals surface area contributed by atoms with Crippen molar-refractivity contribution < 1.29 is 17.6 Å². The van der Waals surface area contributed by atoms with Crippen LogP contribution in [0.4, 0.5) is 0 Å². The SMILES string of the molecule is CNC(=O)c1cc(S(=O)(=O)N2C[C@H](c3ccc(C)o3)[C@@H](N)C2)cs1. The lowest BCUT2D eigenvalue weighted by Crippen LogP contribution is -2.32.